The van der Waals surface area contributed by atoms with E-state index < -0.39 is 0 Å². The SMILES string of the molecule is CCO.CNc1cc(C(C)N)ccn1. The van der Waals surface area contributed by atoms with E-state index in [0.29, 0.717) is 0 Å². The fourth-order valence-electron chi connectivity index (χ4n) is 0.867. The molecule has 1 aromatic rings. The van der Waals surface area contributed by atoms with Gasteiger partial charge >= 0.3 is 0 Å². The molecule has 0 amide bonds. The lowest BCUT2D eigenvalue weighted by molar-refractivity contribution is 0.318. The molecule has 0 aliphatic carbocycles. The number of hydrogen-bond donors (Lipinski definition) is 3. The standard InChI is InChI=1S/C8H13N3.C2H6O/c1-6(9)7-3-4-11-8(5-7)10-2;1-2-3/h3-6H,9H2,1-2H3,(H,10,11);3H,2H2,1H3. The third-order valence-electron chi connectivity index (χ3n) is 1.57. The van der Waals surface area contributed by atoms with Crippen molar-refractivity contribution in [3.63, 3.8) is 0 Å². The van der Waals surface area contributed by atoms with Gasteiger partial charge < -0.3 is 16.2 Å². The number of aromatic nitrogens is 1. The lowest BCUT2D eigenvalue weighted by Crippen LogP contribution is -2.05. The largest absolute Gasteiger partial charge is 0.397 e. The molecule has 0 aliphatic heterocycles. The van der Waals surface area contributed by atoms with E-state index in [1.54, 1.807) is 13.1 Å². The van der Waals surface area contributed by atoms with Crippen LogP contribution in [0.5, 0.6) is 0 Å². The molecule has 0 bridgehead atoms. The lowest BCUT2D eigenvalue weighted by Gasteiger charge is -2.06. The molecule has 14 heavy (non-hydrogen) atoms. The molecule has 0 saturated heterocycles. The molecule has 80 valence electrons. The predicted octanol–water partition coefficient (Wildman–Crippen LogP) is 1.14. The maximum Gasteiger partial charge on any atom is 0.125 e. The van der Waals surface area contributed by atoms with Crippen LogP contribution in [0.2, 0.25) is 0 Å². The number of nitrogens with two attached hydrogens (primary N) is 1. The van der Waals surface area contributed by atoms with Crippen molar-refractivity contribution in [1.82, 2.24) is 4.98 Å². The van der Waals surface area contributed by atoms with Crippen molar-refractivity contribution < 1.29 is 5.11 Å². The minimum absolute atomic E-state index is 0.0742. The molecule has 1 aromatic heterocycles. The number of nitrogens with one attached hydrogen (secondary N) is 1. The molecule has 0 saturated carbocycles. The van der Waals surface area contributed by atoms with Crippen LogP contribution in [-0.4, -0.2) is 23.7 Å². The summed E-state index contributed by atoms with van der Waals surface area (Å²) >= 11 is 0. The Kier molecular flexibility index (Phi) is 6.70. The molecular weight excluding hydrogens is 178 g/mol. The number of rotatable bonds is 2. The molecular formula is C10H19N3O. The van der Waals surface area contributed by atoms with Crippen LogP contribution in [0.4, 0.5) is 5.82 Å². The maximum absolute atomic E-state index is 7.57. The van der Waals surface area contributed by atoms with Crippen molar-refractivity contribution in [3.8, 4) is 0 Å². The summed E-state index contributed by atoms with van der Waals surface area (Å²) in [5.74, 6) is 0.861. The second-order valence-corrected chi connectivity index (χ2v) is 2.83. The minimum atomic E-state index is 0.0742. The molecule has 1 unspecified atom stereocenters. The molecule has 1 rings (SSSR count). The van der Waals surface area contributed by atoms with Gasteiger partial charge in [0.15, 0.2) is 0 Å². The first-order chi connectivity index (χ1) is 6.65. The van der Waals surface area contributed by atoms with Crippen LogP contribution in [0, 0.1) is 0 Å². The third-order valence-corrected chi connectivity index (χ3v) is 1.57. The molecule has 1 atom stereocenters. The van der Waals surface area contributed by atoms with Crippen molar-refractivity contribution in [2.24, 2.45) is 5.73 Å². The van der Waals surface area contributed by atoms with Gasteiger partial charge in [0.1, 0.15) is 5.82 Å². The molecule has 4 heteroatoms. The van der Waals surface area contributed by atoms with E-state index in [1.165, 1.54) is 0 Å². The highest BCUT2D eigenvalue weighted by Crippen LogP contribution is 2.11. The molecule has 0 aromatic carbocycles. The van der Waals surface area contributed by atoms with Crippen LogP contribution < -0.4 is 11.1 Å². The van der Waals surface area contributed by atoms with Gasteiger partial charge in [-0.2, -0.15) is 0 Å². The molecule has 0 fully saturated rings. The highest BCUT2D eigenvalue weighted by atomic mass is 16.2. The summed E-state index contributed by atoms with van der Waals surface area (Å²) < 4.78 is 0. The summed E-state index contributed by atoms with van der Waals surface area (Å²) in [4.78, 5) is 4.07. The number of hydrogen-bond acceptors (Lipinski definition) is 4. The molecule has 0 aliphatic rings. The average molecular weight is 197 g/mol. The van der Waals surface area contributed by atoms with Gasteiger partial charge in [0, 0.05) is 25.9 Å². The van der Waals surface area contributed by atoms with E-state index >= 15 is 0 Å². The number of anilines is 1. The Morgan fingerprint density at radius 3 is 2.64 bits per heavy atom. The highest BCUT2D eigenvalue weighted by molar-refractivity contribution is 5.37. The van der Waals surface area contributed by atoms with E-state index in [1.807, 2.05) is 26.1 Å². The van der Waals surface area contributed by atoms with Crippen molar-refractivity contribution >= 4 is 5.82 Å². The van der Waals surface area contributed by atoms with Gasteiger partial charge in [0.05, 0.1) is 0 Å². The third kappa shape index (κ3) is 4.79. The van der Waals surface area contributed by atoms with Gasteiger partial charge in [0.2, 0.25) is 0 Å². The first-order valence-electron chi connectivity index (χ1n) is 4.65. The fourth-order valence-corrected chi connectivity index (χ4v) is 0.867. The predicted molar refractivity (Wildman–Crippen MR) is 59.1 cm³/mol. The van der Waals surface area contributed by atoms with Gasteiger partial charge in [-0.1, -0.05) is 0 Å². The van der Waals surface area contributed by atoms with Crippen molar-refractivity contribution in [2.45, 2.75) is 19.9 Å². The van der Waals surface area contributed by atoms with Crippen LogP contribution in [0.3, 0.4) is 0 Å². The topological polar surface area (TPSA) is 71.2 Å². The van der Waals surface area contributed by atoms with Gasteiger partial charge in [-0.25, -0.2) is 4.98 Å². The Morgan fingerprint density at radius 1 is 1.64 bits per heavy atom. The van der Waals surface area contributed by atoms with Crippen LogP contribution in [0.25, 0.3) is 0 Å². The normalized spacial score (nSPS) is 11.2. The van der Waals surface area contributed by atoms with Crippen LogP contribution >= 0.6 is 0 Å². The number of nitrogens with zero attached hydrogens (tertiary/aromatic N) is 1. The van der Waals surface area contributed by atoms with Gasteiger partial charge in [-0.3, -0.25) is 0 Å². The van der Waals surface area contributed by atoms with E-state index in [9.17, 15) is 0 Å². The zero-order valence-electron chi connectivity index (χ0n) is 8.99. The quantitative estimate of drug-likeness (QED) is 0.665. The van der Waals surface area contributed by atoms with Crippen molar-refractivity contribution in [1.29, 1.82) is 0 Å². The Labute approximate surface area is 85.2 Å². The zero-order valence-corrected chi connectivity index (χ0v) is 8.99. The Hall–Kier alpha value is -1.13. The maximum atomic E-state index is 7.57. The average Bonchev–Trinajstić information content (AvgIpc) is 2.19. The second kappa shape index (κ2) is 7.29. The number of aliphatic hydroxyl groups excluding tert-OH is 1. The van der Waals surface area contributed by atoms with Crippen molar-refractivity contribution in [3.05, 3.63) is 23.9 Å². The van der Waals surface area contributed by atoms with Gasteiger partial charge in [-0.15, -0.1) is 0 Å². The van der Waals surface area contributed by atoms with Gasteiger partial charge in [-0.05, 0) is 31.5 Å². The van der Waals surface area contributed by atoms with E-state index in [2.05, 4.69) is 10.3 Å². The smallest absolute Gasteiger partial charge is 0.125 e. The molecule has 1 heterocycles. The van der Waals surface area contributed by atoms with Crippen molar-refractivity contribution in [2.75, 3.05) is 19.0 Å². The summed E-state index contributed by atoms with van der Waals surface area (Å²) in [5, 5.41) is 10.5. The summed E-state index contributed by atoms with van der Waals surface area (Å²) in [5.41, 5.74) is 6.78. The molecule has 4 N–H and O–H groups in total. The van der Waals surface area contributed by atoms with Gasteiger partial charge in [0.25, 0.3) is 0 Å². The number of pyridine rings is 1. The molecule has 4 nitrogen and oxygen atoms in total. The number of aliphatic hydroxyl groups is 1. The molecule has 0 spiro atoms. The summed E-state index contributed by atoms with van der Waals surface area (Å²) in [7, 11) is 1.84. The minimum Gasteiger partial charge on any atom is -0.397 e. The first kappa shape index (κ1) is 12.9. The van der Waals surface area contributed by atoms with E-state index in [4.69, 9.17) is 10.8 Å². The highest BCUT2D eigenvalue weighted by Gasteiger charge is 1.98. The summed E-state index contributed by atoms with van der Waals surface area (Å²) in [6.45, 7) is 3.88. The Bertz CT molecular complexity index is 251. The summed E-state index contributed by atoms with van der Waals surface area (Å²) in [6, 6.07) is 3.95. The lowest BCUT2D eigenvalue weighted by atomic mass is 10.1. The van der Waals surface area contributed by atoms with Crippen LogP contribution in [-0.2, 0) is 0 Å². The van der Waals surface area contributed by atoms with E-state index in [0.717, 1.165) is 11.4 Å². The first-order valence-corrected chi connectivity index (χ1v) is 4.65. The monoisotopic (exact) mass is 197 g/mol. The fraction of sp³-hybridized carbons (Fsp3) is 0.500. The zero-order chi connectivity index (χ0) is 11.0. The van der Waals surface area contributed by atoms with Crippen LogP contribution in [0.1, 0.15) is 25.5 Å². The van der Waals surface area contributed by atoms with E-state index in [-0.39, 0.29) is 12.6 Å². The second-order valence-electron chi connectivity index (χ2n) is 2.83. The van der Waals surface area contributed by atoms with Crippen LogP contribution in [0.15, 0.2) is 18.3 Å². The molecule has 0 radical (unpaired) electrons. The summed E-state index contributed by atoms with van der Waals surface area (Å²) in [6.07, 6.45) is 1.75. The Balaban J connectivity index is 0.000000500. The Morgan fingerprint density at radius 2 is 2.21 bits per heavy atom.